The molecule has 1 amide bonds. The number of nitrogens with one attached hydrogen (secondary N) is 1. The van der Waals surface area contributed by atoms with Crippen LogP contribution in [0.1, 0.15) is 18.4 Å². The van der Waals surface area contributed by atoms with Crippen LogP contribution < -0.4 is 5.32 Å². The second kappa shape index (κ2) is 8.64. The molecule has 9 heteroatoms. The van der Waals surface area contributed by atoms with Crippen molar-refractivity contribution in [2.45, 2.75) is 23.8 Å². The number of ether oxygens (including phenoxy) is 2. The first kappa shape index (κ1) is 19.5. The molecule has 0 aromatic heterocycles. The van der Waals surface area contributed by atoms with Crippen molar-refractivity contribution < 1.29 is 27.5 Å². The summed E-state index contributed by atoms with van der Waals surface area (Å²) in [7, 11) is -3.54. The third-order valence-electron chi connectivity index (χ3n) is 4.19. The lowest BCUT2D eigenvalue weighted by Gasteiger charge is -2.26. The van der Waals surface area contributed by atoms with Crippen LogP contribution in [0.5, 0.6) is 0 Å². The highest BCUT2D eigenvalue weighted by Crippen LogP contribution is 2.19. The Morgan fingerprint density at radius 3 is 2.48 bits per heavy atom. The van der Waals surface area contributed by atoms with Gasteiger partial charge in [0, 0.05) is 25.2 Å². The normalized spacial score (nSPS) is 18.4. The van der Waals surface area contributed by atoms with Gasteiger partial charge in [-0.05, 0) is 36.6 Å². The second-order valence-corrected chi connectivity index (χ2v) is 8.31. The molecule has 0 unspecified atom stereocenters. The Morgan fingerprint density at radius 2 is 1.85 bits per heavy atom. The van der Waals surface area contributed by atoms with E-state index in [-0.39, 0.29) is 23.5 Å². The fraction of sp³-hybridized carbons (Fsp3) is 0.444. The van der Waals surface area contributed by atoms with Crippen LogP contribution in [0, 0.1) is 0 Å². The van der Waals surface area contributed by atoms with E-state index in [1.54, 1.807) is 12.1 Å². The van der Waals surface area contributed by atoms with Crippen molar-refractivity contribution in [2.75, 3.05) is 32.9 Å². The minimum absolute atomic E-state index is 0.195. The van der Waals surface area contributed by atoms with Crippen molar-refractivity contribution in [2.24, 2.45) is 0 Å². The minimum atomic E-state index is -3.54. The predicted molar refractivity (Wildman–Crippen MR) is 97.2 cm³/mol. The number of esters is 1. The highest BCUT2D eigenvalue weighted by atomic mass is 32.2. The lowest BCUT2D eigenvalue weighted by atomic mass is 10.2. The molecule has 8 nitrogen and oxygen atoms in total. The molecule has 0 spiro atoms. The molecule has 1 N–H and O–H groups in total. The van der Waals surface area contributed by atoms with Gasteiger partial charge >= 0.3 is 5.97 Å². The van der Waals surface area contributed by atoms with Gasteiger partial charge in [-0.15, -0.1) is 0 Å². The van der Waals surface area contributed by atoms with Gasteiger partial charge in [-0.25, -0.2) is 13.2 Å². The number of nitrogens with zero attached hydrogens (tertiary/aromatic N) is 1. The maximum Gasteiger partial charge on any atom is 0.331 e. The zero-order chi connectivity index (χ0) is 19.3. The molecule has 0 radical (unpaired) electrons. The third kappa shape index (κ3) is 5.62. The average Bonchev–Trinajstić information content (AvgIpc) is 3.49. The van der Waals surface area contributed by atoms with Crippen molar-refractivity contribution in [3.05, 3.63) is 35.9 Å². The van der Waals surface area contributed by atoms with E-state index < -0.39 is 16.0 Å². The van der Waals surface area contributed by atoms with Crippen LogP contribution in [0.15, 0.2) is 35.2 Å². The molecule has 0 bridgehead atoms. The summed E-state index contributed by atoms with van der Waals surface area (Å²) in [6.07, 6.45) is 4.65. The van der Waals surface area contributed by atoms with Gasteiger partial charge in [-0.3, -0.25) is 4.79 Å². The van der Waals surface area contributed by atoms with Crippen LogP contribution in [-0.4, -0.2) is 63.6 Å². The van der Waals surface area contributed by atoms with E-state index in [1.807, 2.05) is 0 Å². The summed E-state index contributed by atoms with van der Waals surface area (Å²) in [4.78, 5) is 23.3. The molecule has 3 rings (SSSR count). The summed E-state index contributed by atoms with van der Waals surface area (Å²) in [6.45, 7) is 1.15. The molecular formula is C18H22N2O6S. The summed E-state index contributed by atoms with van der Waals surface area (Å²) in [5.41, 5.74) is 0.648. The SMILES string of the molecule is O=C(COC(=O)C=Cc1ccc(S(=O)(=O)N2CCOCC2)cc1)NC1CC1. The molecule has 1 aliphatic heterocycles. The average molecular weight is 394 g/mol. The summed E-state index contributed by atoms with van der Waals surface area (Å²) in [5.74, 6) is -0.942. The quantitative estimate of drug-likeness (QED) is 0.535. The molecule has 0 atom stereocenters. The number of hydrogen-bond acceptors (Lipinski definition) is 6. The van der Waals surface area contributed by atoms with E-state index in [0.717, 1.165) is 12.8 Å². The zero-order valence-electron chi connectivity index (χ0n) is 14.8. The monoisotopic (exact) mass is 394 g/mol. The maximum atomic E-state index is 12.5. The standard InChI is InChI=1S/C18H22N2O6S/c21-17(19-15-4-5-15)13-26-18(22)8-3-14-1-6-16(7-2-14)27(23,24)20-9-11-25-12-10-20/h1-3,6-8,15H,4-5,9-13H2,(H,19,21). The van der Waals surface area contributed by atoms with Crippen LogP contribution in [0.3, 0.4) is 0 Å². The lowest BCUT2D eigenvalue weighted by Crippen LogP contribution is -2.40. The first-order chi connectivity index (χ1) is 12.9. The van der Waals surface area contributed by atoms with Crippen LogP contribution in [0.2, 0.25) is 0 Å². The number of morpholine rings is 1. The minimum Gasteiger partial charge on any atom is -0.452 e. The topological polar surface area (TPSA) is 102 Å². The van der Waals surface area contributed by atoms with Gasteiger partial charge < -0.3 is 14.8 Å². The van der Waals surface area contributed by atoms with Crippen LogP contribution in [0.25, 0.3) is 6.08 Å². The van der Waals surface area contributed by atoms with Gasteiger partial charge in [-0.1, -0.05) is 12.1 Å². The first-order valence-corrected chi connectivity index (χ1v) is 10.2. The van der Waals surface area contributed by atoms with Crippen molar-refractivity contribution in [3.8, 4) is 0 Å². The number of sulfonamides is 1. The van der Waals surface area contributed by atoms with Gasteiger partial charge in [0.05, 0.1) is 18.1 Å². The first-order valence-electron chi connectivity index (χ1n) is 8.77. The fourth-order valence-electron chi connectivity index (χ4n) is 2.53. The predicted octanol–water partition coefficient (Wildman–Crippen LogP) is 0.542. The van der Waals surface area contributed by atoms with E-state index in [0.29, 0.717) is 31.9 Å². The molecule has 1 saturated heterocycles. The molecule has 1 saturated carbocycles. The van der Waals surface area contributed by atoms with Gasteiger partial charge in [0.2, 0.25) is 10.0 Å². The van der Waals surface area contributed by atoms with E-state index >= 15 is 0 Å². The summed E-state index contributed by atoms with van der Waals surface area (Å²) < 4.78 is 36.5. The summed E-state index contributed by atoms with van der Waals surface area (Å²) in [6, 6.07) is 6.44. The van der Waals surface area contributed by atoms with Crippen molar-refractivity contribution in [1.82, 2.24) is 9.62 Å². The molecule has 2 aliphatic rings. The van der Waals surface area contributed by atoms with Crippen LogP contribution in [0.4, 0.5) is 0 Å². The van der Waals surface area contributed by atoms with Crippen LogP contribution >= 0.6 is 0 Å². The Kier molecular flexibility index (Phi) is 6.25. The van der Waals surface area contributed by atoms with E-state index in [4.69, 9.17) is 9.47 Å². The number of carbonyl (C=O) groups excluding carboxylic acids is 2. The number of hydrogen-bond donors (Lipinski definition) is 1. The van der Waals surface area contributed by atoms with E-state index in [1.165, 1.54) is 28.6 Å². The Labute approximate surface area is 158 Å². The lowest BCUT2D eigenvalue weighted by molar-refractivity contribution is -0.143. The maximum absolute atomic E-state index is 12.5. The fourth-order valence-corrected chi connectivity index (χ4v) is 3.94. The Balaban J connectivity index is 1.52. The Morgan fingerprint density at radius 1 is 1.19 bits per heavy atom. The van der Waals surface area contributed by atoms with E-state index in [2.05, 4.69) is 5.32 Å². The molecule has 1 aliphatic carbocycles. The third-order valence-corrected chi connectivity index (χ3v) is 6.10. The molecule has 27 heavy (non-hydrogen) atoms. The second-order valence-electron chi connectivity index (χ2n) is 6.37. The van der Waals surface area contributed by atoms with Gasteiger partial charge in [0.1, 0.15) is 0 Å². The number of rotatable bonds is 7. The molecule has 1 aromatic carbocycles. The van der Waals surface area contributed by atoms with Gasteiger partial charge in [0.15, 0.2) is 6.61 Å². The highest BCUT2D eigenvalue weighted by Gasteiger charge is 2.26. The highest BCUT2D eigenvalue weighted by molar-refractivity contribution is 7.89. The van der Waals surface area contributed by atoms with Crippen molar-refractivity contribution in [1.29, 1.82) is 0 Å². The summed E-state index contributed by atoms with van der Waals surface area (Å²) in [5, 5.41) is 2.72. The Hall–Kier alpha value is -2.23. The van der Waals surface area contributed by atoms with E-state index in [9.17, 15) is 18.0 Å². The van der Waals surface area contributed by atoms with Crippen molar-refractivity contribution in [3.63, 3.8) is 0 Å². The number of benzene rings is 1. The molecular weight excluding hydrogens is 372 g/mol. The number of amides is 1. The van der Waals surface area contributed by atoms with Crippen molar-refractivity contribution >= 4 is 28.0 Å². The summed E-state index contributed by atoms with van der Waals surface area (Å²) >= 11 is 0. The van der Waals surface area contributed by atoms with Crippen LogP contribution in [-0.2, 0) is 29.1 Å². The Bertz CT molecular complexity index is 809. The molecule has 146 valence electrons. The molecule has 1 aromatic rings. The zero-order valence-corrected chi connectivity index (χ0v) is 15.6. The molecule has 2 fully saturated rings. The smallest absolute Gasteiger partial charge is 0.331 e. The van der Waals surface area contributed by atoms with Gasteiger partial charge in [0.25, 0.3) is 5.91 Å². The largest absolute Gasteiger partial charge is 0.452 e. The molecule has 1 heterocycles. The number of carbonyl (C=O) groups is 2. The van der Waals surface area contributed by atoms with Gasteiger partial charge in [-0.2, -0.15) is 4.31 Å².